The molecule has 0 N–H and O–H groups in total. The van der Waals surface area contributed by atoms with Gasteiger partial charge in [-0.2, -0.15) is 0 Å². The van der Waals surface area contributed by atoms with E-state index in [0.717, 1.165) is 16.6 Å². The Labute approximate surface area is 271 Å². The number of fused-ring (bicyclic) bond motifs is 6. The normalized spacial score (nSPS) is 11.8. The molecular formula is C36H30B8O. The lowest BCUT2D eigenvalue weighted by Crippen LogP contribution is -2.50. The molecule has 0 aliphatic rings. The molecule has 0 amide bonds. The molecule has 1 nitrogen and oxygen atoms in total. The first-order chi connectivity index (χ1) is 21.7. The molecule has 8 rings (SSSR count). The zero-order valence-corrected chi connectivity index (χ0v) is 27.5. The summed E-state index contributed by atoms with van der Waals surface area (Å²) >= 11 is 0. The lowest BCUT2D eigenvalue weighted by molar-refractivity contribution is 0.669. The van der Waals surface area contributed by atoms with Gasteiger partial charge in [0, 0.05) is 10.8 Å². The molecule has 0 atom stereocenters. The molecule has 8 aromatic rings. The van der Waals surface area contributed by atoms with Gasteiger partial charge in [0.05, 0.1) is 0 Å². The predicted molar refractivity (Wildman–Crippen MR) is 223 cm³/mol. The summed E-state index contributed by atoms with van der Waals surface area (Å²) in [6.07, 6.45) is 0. The molecular weight excluding hydrogens is 535 g/mol. The maximum atomic E-state index is 6.63. The Morgan fingerprint density at radius 3 is 1.33 bits per heavy atom. The molecule has 0 bridgehead atoms. The summed E-state index contributed by atoms with van der Waals surface area (Å²) in [6.45, 7) is 0. The van der Waals surface area contributed by atoms with E-state index in [2.05, 4.69) is 148 Å². The van der Waals surface area contributed by atoms with Crippen LogP contribution in [-0.4, -0.2) is 62.8 Å². The van der Waals surface area contributed by atoms with Crippen LogP contribution < -0.4 is 43.7 Å². The summed E-state index contributed by atoms with van der Waals surface area (Å²) < 4.78 is 6.63. The molecule has 0 spiro atoms. The third-order valence-corrected chi connectivity index (χ3v) is 11.1. The standard InChI is InChI=1S/C36H30B8O/c37-29-25-23(15-6-2-1-3-7-15)26-28(32(40)36(44)34(42)30(26)38)24(27(25)31(39)35(43)33(29)41)18-10-11-19-20-12-16-8-4-5-9-17(16)13-22(20)45-21(19)14-18/h1-14H,37-44H2. The van der Waals surface area contributed by atoms with E-state index in [9.17, 15) is 0 Å². The fourth-order valence-electron chi connectivity index (χ4n) is 7.92. The van der Waals surface area contributed by atoms with E-state index in [0.29, 0.717) is 0 Å². The highest BCUT2D eigenvalue weighted by Crippen LogP contribution is 2.42. The fourth-order valence-corrected chi connectivity index (χ4v) is 7.92. The Morgan fingerprint density at radius 1 is 0.356 bits per heavy atom. The van der Waals surface area contributed by atoms with E-state index < -0.39 is 0 Å². The van der Waals surface area contributed by atoms with E-state index in [4.69, 9.17) is 4.42 Å². The minimum Gasteiger partial charge on any atom is -0.456 e. The van der Waals surface area contributed by atoms with Crippen molar-refractivity contribution in [1.82, 2.24) is 0 Å². The maximum Gasteiger partial charge on any atom is 0.139 e. The van der Waals surface area contributed by atoms with Crippen molar-refractivity contribution in [3.63, 3.8) is 0 Å². The van der Waals surface area contributed by atoms with Crippen LogP contribution in [0.3, 0.4) is 0 Å². The Hall–Kier alpha value is -4.36. The summed E-state index contributed by atoms with van der Waals surface area (Å²) in [6, 6.07) is 30.9. The van der Waals surface area contributed by atoms with E-state index >= 15 is 0 Å². The molecule has 1 aromatic heterocycles. The van der Waals surface area contributed by atoms with Crippen molar-refractivity contribution in [2.75, 3.05) is 0 Å². The second kappa shape index (κ2) is 10.1. The topological polar surface area (TPSA) is 13.1 Å². The summed E-state index contributed by atoms with van der Waals surface area (Å²) in [7, 11) is 18.5. The molecule has 7 aromatic carbocycles. The van der Waals surface area contributed by atoms with Gasteiger partial charge in [-0.15, -0.1) is 21.9 Å². The van der Waals surface area contributed by atoms with Gasteiger partial charge in [0.2, 0.25) is 0 Å². The molecule has 0 saturated heterocycles. The van der Waals surface area contributed by atoms with E-state index in [-0.39, 0.29) is 0 Å². The Kier molecular flexibility index (Phi) is 6.30. The molecule has 204 valence electrons. The average molecular weight is 565 g/mol. The van der Waals surface area contributed by atoms with E-state index in [1.165, 1.54) is 104 Å². The molecule has 45 heavy (non-hydrogen) atoms. The van der Waals surface area contributed by atoms with Gasteiger partial charge in [-0.05, 0) is 78.8 Å². The molecule has 0 saturated carbocycles. The second-order valence-electron chi connectivity index (χ2n) is 13.1. The first-order valence-electron chi connectivity index (χ1n) is 16.0. The summed E-state index contributed by atoms with van der Waals surface area (Å²) in [5.74, 6) is 0. The average Bonchev–Trinajstić information content (AvgIpc) is 3.42. The molecule has 0 aliphatic carbocycles. The van der Waals surface area contributed by atoms with Crippen LogP contribution in [-0.2, 0) is 0 Å². The van der Waals surface area contributed by atoms with Crippen molar-refractivity contribution in [3.8, 4) is 22.3 Å². The molecule has 0 aliphatic heterocycles. The smallest absolute Gasteiger partial charge is 0.139 e. The third kappa shape index (κ3) is 3.92. The van der Waals surface area contributed by atoms with Crippen LogP contribution in [0.1, 0.15) is 0 Å². The largest absolute Gasteiger partial charge is 0.456 e. The SMILES string of the molecule is Bc1c(B)c(B)c2c(-c3ccc4c(c3)oc3cc5ccccc5cc34)c3c(B)c(B)c(B)c(B)c3c(-c3ccccc3)c2c1B. The first kappa shape index (κ1) is 28.1. The van der Waals surface area contributed by atoms with Crippen molar-refractivity contribution in [2.24, 2.45) is 0 Å². The van der Waals surface area contributed by atoms with Gasteiger partial charge in [-0.3, -0.25) is 0 Å². The van der Waals surface area contributed by atoms with Crippen LogP contribution in [0.25, 0.3) is 76.5 Å². The quantitative estimate of drug-likeness (QED) is 0.157. The van der Waals surface area contributed by atoms with Crippen molar-refractivity contribution in [2.45, 2.75) is 0 Å². The van der Waals surface area contributed by atoms with Gasteiger partial charge >= 0.3 is 0 Å². The van der Waals surface area contributed by atoms with Gasteiger partial charge in [-0.1, -0.05) is 82.5 Å². The Balaban J connectivity index is 1.60. The van der Waals surface area contributed by atoms with Crippen molar-refractivity contribution in [3.05, 3.63) is 84.9 Å². The zero-order chi connectivity index (χ0) is 31.3. The van der Waals surface area contributed by atoms with Gasteiger partial charge in [0.15, 0.2) is 0 Å². The second-order valence-corrected chi connectivity index (χ2v) is 13.1. The Bertz CT molecular complexity index is 2490. The lowest BCUT2D eigenvalue weighted by atomic mass is 9.59. The molecule has 0 radical (unpaired) electrons. The van der Waals surface area contributed by atoms with Crippen molar-refractivity contribution < 1.29 is 4.42 Å². The summed E-state index contributed by atoms with van der Waals surface area (Å²) in [5, 5.41) is 10.2. The third-order valence-electron chi connectivity index (χ3n) is 11.1. The number of hydrogen-bond donors (Lipinski definition) is 0. The van der Waals surface area contributed by atoms with Gasteiger partial charge in [0.1, 0.15) is 73.9 Å². The molecule has 0 fully saturated rings. The number of benzene rings is 7. The number of hydrogen-bond acceptors (Lipinski definition) is 1. The summed E-state index contributed by atoms with van der Waals surface area (Å²) in [5.41, 5.74) is 17.9. The van der Waals surface area contributed by atoms with Crippen LogP contribution in [0.15, 0.2) is 89.3 Å². The molecule has 9 heteroatoms. The minimum absolute atomic E-state index is 0.933. The van der Waals surface area contributed by atoms with Crippen molar-refractivity contribution >= 4 is 161 Å². The van der Waals surface area contributed by atoms with E-state index in [1.807, 2.05) is 0 Å². The number of furan rings is 1. The zero-order valence-electron chi connectivity index (χ0n) is 27.5. The maximum absolute atomic E-state index is 6.63. The van der Waals surface area contributed by atoms with Crippen LogP contribution in [0.4, 0.5) is 0 Å². The van der Waals surface area contributed by atoms with Gasteiger partial charge < -0.3 is 4.42 Å². The van der Waals surface area contributed by atoms with Crippen LogP contribution in [0, 0.1) is 0 Å². The highest BCUT2D eigenvalue weighted by molar-refractivity contribution is 6.71. The van der Waals surface area contributed by atoms with Crippen LogP contribution in [0.2, 0.25) is 0 Å². The lowest BCUT2D eigenvalue weighted by Gasteiger charge is -2.28. The van der Waals surface area contributed by atoms with Crippen molar-refractivity contribution in [1.29, 1.82) is 0 Å². The van der Waals surface area contributed by atoms with E-state index in [1.54, 1.807) is 0 Å². The monoisotopic (exact) mass is 566 g/mol. The Morgan fingerprint density at radius 2 is 0.800 bits per heavy atom. The molecule has 0 unspecified atom stereocenters. The predicted octanol–water partition coefficient (Wildman–Crippen LogP) is -3.55. The van der Waals surface area contributed by atoms with Crippen LogP contribution in [0.5, 0.6) is 0 Å². The number of rotatable bonds is 2. The highest BCUT2D eigenvalue weighted by Gasteiger charge is 2.25. The molecule has 1 heterocycles. The summed E-state index contributed by atoms with van der Waals surface area (Å²) in [4.78, 5) is 0. The minimum atomic E-state index is 0.933. The fraction of sp³-hybridized carbons (Fsp3) is 0. The highest BCUT2D eigenvalue weighted by atomic mass is 16.3. The first-order valence-corrected chi connectivity index (χ1v) is 16.0. The van der Waals surface area contributed by atoms with Gasteiger partial charge in [-0.25, -0.2) is 0 Å². The van der Waals surface area contributed by atoms with Gasteiger partial charge in [0.25, 0.3) is 0 Å². The van der Waals surface area contributed by atoms with Crippen LogP contribution >= 0.6 is 0 Å².